The number of hydrogen-bond acceptors (Lipinski definition) is 3. The van der Waals surface area contributed by atoms with Gasteiger partial charge in [-0.1, -0.05) is 13.8 Å². The zero-order valence-electron chi connectivity index (χ0n) is 15.7. The second kappa shape index (κ2) is 6.58. The smallest absolute Gasteiger partial charge is 0.223 e. The highest BCUT2D eigenvalue weighted by molar-refractivity contribution is 5.77. The summed E-state index contributed by atoms with van der Waals surface area (Å²) < 4.78 is 6.14. The number of fused-ring (bicyclic) bond motifs is 1. The second-order valence-corrected chi connectivity index (χ2v) is 9.70. The molecule has 0 aromatic heterocycles. The van der Waals surface area contributed by atoms with Gasteiger partial charge in [-0.15, -0.1) is 0 Å². The van der Waals surface area contributed by atoms with Gasteiger partial charge in [0.05, 0.1) is 18.3 Å². The summed E-state index contributed by atoms with van der Waals surface area (Å²) in [6.07, 6.45) is 11.1. The minimum Gasteiger partial charge on any atom is -0.375 e. The molecule has 0 bridgehead atoms. The quantitative estimate of drug-likeness (QED) is 0.760. The number of carbonyl (C=O) groups is 1. The van der Waals surface area contributed by atoms with Crippen LogP contribution in [0.1, 0.15) is 71.6 Å². The number of rotatable bonds is 5. The molecule has 1 amide bonds. The summed E-state index contributed by atoms with van der Waals surface area (Å²) >= 11 is 0. The highest BCUT2D eigenvalue weighted by Crippen LogP contribution is 2.55. The van der Waals surface area contributed by atoms with E-state index in [1.807, 2.05) is 4.90 Å². The Morgan fingerprint density at radius 2 is 1.88 bits per heavy atom. The van der Waals surface area contributed by atoms with Crippen LogP contribution < -0.4 is 0 Å². The minimum atomic E-state index is -0.196. The third-order valence-electron chi connectivity index (χ3n) is 7.14. The standard InChI is InChI=1S/C21H32N2O2/c1-14-7-17(12-22)23(13-14)20(24)5-6-21(2)10-15-8-19(9-16(15)11-21)25-18-3-4-18/h14-19H,3-11,13H2,1-2H3/t14-,15-,16+,17-,19?,21?/m0/s1. The van der Waals surface area contributed by atoms with Crippen molar-refractivity contribution in [1.82, 2.24) is 4.90 Å². The van der Waals surface area contributed by atoms with Crippen LogP contribution >= 0.6 is 0 Å². The fourth-order valence-electron chi connectivity index (χ4n) is 5.79. The molecule has 1 aliphatic heterocycles. The summed E-state index contributed by atoms with van der Waals surface area (Å²) in [6, 6.07) is 2.12. The fourth-order valence-corrected chi connectivity index (χ4v) is 5.79. The number of nitriles is 1. The van der Waals surface area contributed by atoms with Crippen molar-refractivity contribution in [2.45, 2.75) is 89.9 Å². The SMILES string of the molecule is C[C@H]1C[C@@H](C#N)N(C(=O)CCC2(C)C[C@H]3CC(OC4CC4)C[C@H]3C2)C1. The van der Waals surface area contributed by atoms with E-state index in [0.717, 1.165) is 31.2 Å². The molecule has 0 N–H and O–H groups in total. The lowest BCUT2D eigenvalue weighted by molar-refractivity contribution is -0.131. The first kappa shape index (κ1) is 17.3. The van der Waals surface area contributed by atoms with Crippen LogP contribution in [0.2, 0.25) is 0 Å². The van der Waals surface area contributed by atoms with Gasteiger partial charge in [0.15, 0.2) is 0 Å². The van der Waals surface area contributed by atoms with Gasteiger partial charge in [0, 0.05) is 13.0 Å². The van der Waals surface area contributed by atoms with E-state index in [1.54, 1.807) is 0 Å². The maximum Gasteiger partial charge on any atom is 0.223 e. The van der Waals surface area contributed by atoms with E-state index in [0.29, 0.717) is 30.0 Å². The third-order valence-corrected chi connectivity index (χ3v) is 7.14. The van der Waals surface area contributed by atoms with Gasteiger partial charge in [0.25, 0.3) is 0 Å². The molecule has 1 heterocycles. The summed E-state index contributed by atoms with van der Waals surface area (Å²) in [7, 11) is 0. The average Bonchev–Trinajstić information content (AvgIpc) is 3.06. The van der Waals surface area contributed by atoms with Crippen LogP contribution in [0.25, 0.3) is 0 Å². The normalized spacial score (nSPS) is 43.2. The van der Waals surface area contributed by atoms with Crippen LogP contribution in [0.15, 0.2) is 0 Å². The van der Waals surface area contributed by atoms with Crippen molar-refractivity contribution in [3.63, 3.8) is 0 Å². The Morgan fingerprint density at radius 1 is 1.20 bits per heavy atom. The minimum absolute atomic E-state index is 0.196. The first-order chi connectivity index (χ1) is 12.0. The molecule has 0 radical (unpaired) electrons. The predicted octanol–water partition coefficient (Wildman–Crippen LogP) is 3.90. The van der Waals surface area contributed by atoms with E-state index in [1.165, 1.54) is 38.5 Å². The largest absolute Gasteiger partial charge is 0.375 e. The summed E-state index contributed by atoms with van der Waals surface area (Å²) in [6.45, 7) is 5.28. The Bertz CT molecular complexity index is 551. The molecule has 0 aromatic carbocycles. The van der Waals surface area contributed by atoms with Crippen molar-refractivity contribution in [3.05, 3.63) is 0 Å². The van der Waals surface area contributed by atoms with E-state index in [2.05, 4.69) is 19.9 Å². The molecule has 1 saturated heterocycles. The number of ether oxygens (including phenoxy) is 1. The maximum absolute atomic E-state index is 12.6. The first-order valence-electron chi connectivity index (χ1n) is 10.3. The fraction of sp³-hybridized carbons (Fsp3) is 0.905. The summed E-state index contributed by atoms with van der Waals surface area (Å²) in [4.78, 5) is 14.5. The predicted molar refractivity (Wildman–Crippen MR) is 95.6 cm³/mol. The van der Waals surface area contributed by atoms with E-state index in [9.17, 15) is 10.1 Å². The number of amides is 1. The molecule has 25 heavy (non-hydrogen) atoms. The highest BCUT2D eigenvalue weighted by Gasteiger charge is 2.48. The monoisotopic (exact) mass is 344 g/mol. The van der Waals surface area contributed by atoms with Crippen LogP contribution in [0.5, 0.6) is 0 Å². The topological polar surface area (TPSA) is 53.3 Å². The highest BCUT2D eigenvalue weighted by atomic mass is 16.5. The van der Waals surface area contributed by atoms with Gasteiger partial charge in [-0.05, 0) is 74.5 Å². The molecule has 4 nitrogen and oxygen atoms in total. The van der Waals surface area contributed by atoms with Crippen molar-refractivity contribution < 1.29 is 9.53 Å². The van der Waals surface area contributed by atoms with Crippen LogP contribution in [0.4, 0.5) is 0 Å². The molecule has 3 saturated carbocycles. The Labute approximate surface area is 151 Å². The molecule has 0 aromatic rings. The van der Waals surface area contributed by atoms with Crippen LogP contribution in [-0.4, -0.2) is 35.6 Å². The van der Waals surface area contributed by atoms with Gasteiger partial charge in [0.1, 0.15) is 6.04 Å². The Morgan fingerprint density at radius 3 is 2.48 bits per heavy atom. The summed E-state index contributed by atoms with van der Waals surface area (Å²) in [5, 5.41) is 9.28. The first-order valence-corrected chi connectivity index (χ1v) is 10.3. The van der Waals surface area contributed by atoms with Gasteiger partial charge < -0.3 is 9.64 Å². The Balaban J connectivity index is 1.26. The number of nitrogens with zero attached hydrogens (tertiary/aromatic N) is 2. The zero-order chi connectivity index (χ0) is 17.6. The Hall–Kier alpha value is -1.08. The number of likely N-dealkylation sites (tertiary alicyclic amines) is 1. The molecule has 3 aliphatic carbocycles. The number of carbonyl (C=O) groups excluding carboxylic acids is 1. The van der Waals surface area contributed by atoms with Crippen LogP contribution in [0, 0.1) is 34.5 Å². The molecule has 0 spiro atoms. The molecule has 4 fully saturated rings. The zero-order valence-corrected chi connectivity index (χ0v) is 15.7. The lowest BCUT2D eigenvalue weighted by Crippen LogP contribution is -2.35. The molecule has 4 rings (SSSR count). The van der Waals surface area contributed by atoms with Gasteiger partial charge in [-0.3, -0.25) is 4.79 Å². The van der Waals surface area contributed by atoms with E-state index >= 15 is 0 Å². The van der Waals surface area contributed by atoms with Crippen LogP contribution in [0.3, 0.4) is 0 Å². The molecule has 6 atom stereocenters. The third kappa shape index (κ3) is 3.72. The van der Waals surface area contributed by atoms with E-state index in [-0.39, 0.29) is 11.9 Å². The lowest BCUT2D eigenvalue weighted by Gasteiger charge is -2.27. The molecule has 4 aliphatic rings. The Kier molecular flexibility index (Phi) is 4.56. The van der Waals surface area contributed by atoms with Crippen molar-refractivity contribution in [2.24, 2.45) is 23.2 Å². The average molecular weight is 344 g/mol. The van der Waals surface area contributed by atoms with Crippen molar-refractivity contribution in [3.8, 4) is 6.07 Å². The van der Waals surface area contributed by atoms with Gasteiger partial charge >= 0.3 is 0 Å². The second-order valence-electron chi connectivity index (χ2n) is 9.70. The van der Waals surface area contributed by atoms with Crippen LogP contribution in [-0.2, 0) is 9.53 Å². The van der Waals surface area contributed by atoms with Crippen molar-refractivity contribution in [2.75, 3.05) is 6.54 Å². The van der Waals surface area contributed by atoms with Gasteiger partial charge in [-0.25, -0.2) is 0 Å². The molecule has 138 valence electrons. The van der Waals surface area contributed by atoms with E-state index < -0.39 is 0 Å². The van der Waals surface area contributed by atoms with Gasteiger partial charge in [0.2, 0.25) is 5.91 Å². The van der Waals surface area contributed by atoms with Crippen molar-refractivity contribution in [1.29, 1.82) is 5.26 Å². The van der Waals surface area contributed by atoms with E-state index in [4.69, 9.17) is 4.74 Å². The maximum atomic E-state index is 12.6. The molecule has 4 heteroatoms. The molecular weight excluding hydrogens is 312 g/mol. The van der Waals surface area contributed by atoms with Crippen molar-refractivity contribution >= 4 is 5.91 Å². The molecule has 2 unspecified atom stereocenters. The molecular formula is C21H32N2O2. The number of hydrogen-bond donors (Lipinski definition) is 0. The van der Waals surface area contributed by atoms with Gasteiger partial charge in [-0.2, -0.15) is 5.26 Å². The summed E-state index contributed by atoms with van der Waals surface area (Å²) in [5.74, 6) is 2.27. The summed E-state index contributed by atoms with van der Waals surface area (Å²) in [5.41, 5.74) is 0.309. The lowest BCUT2D eigenvalue weighted by atomic mass is 9.81.